The molecule has 0 aliphatic rings. The van der Waals surface area contributed by atoms with Crippen LogP contribution in [0.3, 0.4) is 0 Å². The molecule has 0 fully saturated rings. The number of para-hydroxylation sites is 2. The van der Waals surface area contributed by atoms with Crippen molar-refractivity contribution in [3.8, 4) is 33.6 Å². The van der Waals surface area contributed by atoms with Crippen LogP contribution in [0, 0.1) is 0 Å². The second-order valence-corrected chi connectivity index (χ2v) is 12.4. The van der Waals surface area contributed by atoms with E-state index in [-0.39, 0.29) is 0 Å². The maximum absolute atomic E-state index is 5.26. The van der Waals surface area contributed by atoms with Gasteiger partial charge in [-0.25, -0.2) is 0 Å². The Hall–Kier alpha value is -6.45. The third kappa shape index (κ3) is 3.98. The summed E-state index contributed by atoms with van der Waals surface area (Å²) in [5, 5.41) is 5.91. The molecule has 0 atom stereocenters. The van der Waals surface area contributed by atoms with Crippen LogP contribution in [-0.4, -0.2) is 14.1 Å². The van der Waals surface area contributed by atoms with Gasteiger partial charge in [-0.2, -0.15) is 0 Å². The van der Waals surface area contributed by atoms with E-state index in [1.54, 1.807) is 0 Å². The molecule has 3 aromatic heterocycles. The zero-order valence-electron chi connectivity index (χ0n) is 26.1. The van der Waals surface area contributed by atoms with Gasteiger partial charge in [0.05, 0.1) is 27.6 Å². The summed E-state index contributed by atoms with van der Waals surface area (Å²) >= 11 is 0. The van der Waals surface area contributed by atoms with Crippen molar-refractivity contribution < 1.29 is 0 Å². The van der Waals surface area contributed by atoms with Crippen molar-refractivity contribution in [1.29, 1.82) is 0 Å². The standard InChI is InChI=1S/C45H29N3/c1-3-11-30(12-4-1)32-19-23-34(24-20-32)47-42-18-10-8-16-37(42)40-29-46-43-39(44(40)47)28-27-38-36-15-7-9-17-41(36)48(45(38)43)35-25-21-33(22-26-35)31-13-5-2-6-14-31/h1-29H. The van der Waals surface area contributed by atoms with Crippen LogP contribution in [0.2, 0.25) is 0 Å². The van der Waals surface area contributed by atoms with Crippen LogP contribution in [0.4, 0.5) is 0 Å². The number of fused-ring (bicyclic) bond motifs is 9. The van der Waals surface area contributed by atoms with Gasteiger partial charge in [0.15, 0.2) is 0 Å². The Morgan fingerprint density at radius 3 is 1.31 bits per heavy atom. The van der Waals surface area contributed by atoms with E-state index >= 15 is 0 Å². The van der Waals surface area contributed by atoms with E-state index in [4.69, 9.17) is 4.98 Å². The van der Waals surface area contributed by atoms with Crippen molar-refractivity contribution >= 4 is 54.5 Å². The molecule has 0 bridgehead atoms. The fraction of sp³-hybridized carbons (Fsp3) is 0. The van der Waals surface area contributed by atoms with E-state index in [9.17, 15) is 0 Å². The molecule has 7 aromatic carbocycles. The van der Waals surface area contributed by atoms with E-state index in [0.29, 0.717) is 0 Å². The van der Waals surface area contributed by atoms with Crippen LogP contribution in [0.5, 0.6) is 0 Å². The van der Waals surface area contributed by atoms with E-state index in [0.717, 1.165) is 33.2 Å². The summed E-state index contributed by atoms with van der Waals surface area (Å²) in [5.41, 5.74) is 12.7. The fourth-order valence-corrected chi connectivity index (χ4v) is 7.56. The number of hydrogen-bond donors (Lipinski definition) is 0. The Kier molecular flexibility index (Phi) is 5.87. The first kappa shape index (κ1) is 26.7. The minimum absolute atomic E-state index is 0.994. The number of aromatic nitrogens is 3. The first-order valence-corrected chi connectivity index (χ1v) is 16.4. The van der Waals surface area contributed by atoms with Crippen LogP contribution >= 0.6 is 0 Å². The Morgan fingerprint density at radius 2 is 0.750 bits per heavy atom. The van der Waals surface area contributed by atoms with Gasteiger partial charge in [0.2, 0.25) is 0 Å². The molecule has 0 unspecified atom stereocenters. The van der Waals surface area contributed by atoms with Crippen LogP contribution in [0.15, 0.2) is 176 Å². The summed E-state index contributed by atoms with van der Waals surface area (Å²) in [7, 11) is 0. The second-order valence-electron chi connectivity index (χ2n) is 12.4. The molecule has 3 nitrogen and oxygen atoms in total. The predicted molar refractivity (Wildman–Crippen MR) is 201 cm³/mol. The van der Waals surface area contributed by atoms with Crippen molar-refractivity contribution in [2.45, 2.75) is 0 Å². The number of rotatable bonds is 4. The number of pyridine rings is 1. The van der Waals surface area contributed by atoms with Gasteiger partial charge < -0.3 is 9.13 Å². The van der Waals surface area contributed by atoms with Gasteiger partial charge >= 0.3 is 0 Å². The summed E-state index contributed by atoms with van der Waals surface area (Å²) in [6, 6.07) is 60.9. The van der Waals surface area contributed by atoms with Crippen molar-refractivity contribution in [2.75, 3.05) is 0 Å². The molecule has 3 heterocycles. The topological polar surface area (TPSA) is 22.8 Å². The van der Waals surface area contributed by atoms with Gasteiger partial charge in [-0.3, -0.25) is 4.98 Å². The van der Waals surface area contributed by atoms with E-state index in [1.807, 2.05) is 0 Å². The lowest BCUT2D eigenvalue weighted by atomic mass is 10.1. The summed E-state index contributed by atoms with van der Waals surface area (Å²) in [5.74, 6) is 0. The van der Waals surface area contributed by atoms with Crippen molar-refractivity contribution in [3.05, 3.63) is 176 Å². The quantitative estimate of drug-likeness (QED) is 0.194. The molecule has 0 saturated carbocycles. The summed E-state index contributed by atoms with van der Waals surface area (Å²) in [6.07, 6.45) is 2.08. The minimum Gasteiger partial charge on any atom is -0.309 e. The molecule has 10 aromatic rings. The number of benzene rings is 7. The molecule has 10 rings (SSSR count). The van der Waals surface area contributed by atoms with Crippen LogP contribution in [0.1, 0.15) is 0 Å². The van der Waals surface area contributed by atoms with Crippen molar-refractivity contribution in [2.24, 2.45) is 0 Å². The predicted octanol–water partition coefficient (Wildman–Crippen LogP) is 11.8. The lowest BCUT2D eigenvalue weighted by molar-refractivity contribution is 1.18. The lowest BCUT2D eigenvalue weighted by Crippen LogP contribution is -1.97. The third-order valence-electron chi connectivity index (χ3n) is 9.77. The summed E-state index contributed by atoms with van der Waals surface area (Å²) < 4.78 is 4.80. The monoisotopic (exact) mass is 611 g/mol. The smallest absolute Gasteiger partial charge is 0.0970 e. The Labute approximate surface area is 277 Å². The SMILES string of the molecule is c1ccc(-c2ccc(-n3c4ccccc4c4cnc5c(ccc6c7ccccc7n(-c7ccc(-c8ccccc8)cc7)c65)c43)cc2)cc1. The van der Waals surface area contributed by atoms with E-state index < -0.39 is 0 Å². The Balaban J connectivity index is 1.25. The molecule has 0 spiro atoms. The first-order valence-electron chi connectivity index (χ1n) is 16.4. The van der Waals surface area contributed by atoms with E-state index in [2.05, 4.69) is 185 Å². The highest BCUT2D eigenvalue weighted by Gasteiger charge is 2.20. The van der Waals surface area contributed by atoms with Gasteiger partial charge in [0, 0.05) is 44.5 Å². The highest BCUT2D eigenvalue weighted by Crippen LogP contribution is 2.41. The van der Waals surface area contributed by atoms with Gasteiger partial charge in [-0.1, -0.05) is 127 Å². The van der Waals surface area contributed by atoms with Gasteiger partial charge in [-0.05, 0) is 64.7 Å². The second kappa shape index (κ2) is 10.5. The molecule has 0 aliphatic carbocycles. The lowest BCUT2D eigenvalue weighted by Gasteiger charge is -2.13. The zero-order valence-corrected chi connectivity index (χ0v) is 26.1. The fourth-order valence-electron chi connectivity index (χ4n) is 7.56. The van der Waals surface area contributed by atoms with Crippen molar-refractivity contribution in [3.63, 3.8) is 0 Å². The molecule has 0 amide bonds. The third-order valence-corrected chi connectivity index (χ3v) is 9.77. The summed E-state index contributed by atoms with van der Waals surface area (Å²) in [4.78, 5) is 5.26. The molecular weight excluding hydrogens is 583 g/mol. The summed E-state index contributed by atoms with van der Waals surface area (Å²) in [6.45, 7) is 0. The molecule has 0 N–H and O–H groups in total. The van der Waals surface area contributed by atoms with Crippen LogP contribution in [-0.2, 0) is 0 Å². The van der Waals surface area contributed by atoms with Crippen LogP contribution in [0.25, 0.3) is 88.1 Å². The molecule has 224 valence electrons. The maximum Gasteiger partial charge on any atom is 0.0970 e. The zero-order chi connectivity index (χ0) is 31.6. The molecule has 0 saturated heterocycles. The average Bonchev–Trinajstić information content (AvgIpc) is 3.69. The van der Waals surface area contributed by atoms with Crippen LogP contribution < -0.4 is 0 Å². The average molecular weight is 612 g/mol. The van der Waals surface area contributed by atoms with Gasteiger partial charge in [0.25, 0.3) is 0 Å². The molecule has 0 radical (unpaired) electrons. The number of nitrogens with zero attached hydrogens (tertiary/aromatic N) is 3. The largest absolute Gasteiger partial charge is 0.309 e. The minimum atomic E-state index is 0.994. The molecule has 48 heavy (non-hydrogen) atoms. The molecule has 0 aliphatic heterocycles. The number of hydrogen-bond acceptors (Lipinski definition) is 1. The molecule has 3 heteroatoms. The Morgan fingerprint density at radius 1 is 0.312 bits per heavy atom. The Bertz CT molecular complexity index is 2590. The molecular formula is C45H29N3. The van der Waals surface area contributed by atoms with Crippen molar-refractivity contribution in [1.82, 2.24) is 14.1 Å². The van der Waals surface area contributed by atoms with E-state index in [1.165, 1.54) is 55.0 Å². The van der Waals surface area contributed by atoms with Gasteiger partial charge in [-0.15, -0.1) is 0 Å². The highest BCUT2D eigenvalue weighted by atomic mass is 15.0. The van der Waals surface area contributed by atoms with Gasteiger partial charge in [0.1, 0.15) is 0 Å². The normalized spacial score (nSPS) is 11.8. The highest BCUT2D eigenvalue weighted by molar-refractivity contribution is 6.24. The maximum atomic E-state index is 5.26. The first-order chi connectivity index (χ1) is 23.8.